The maximum absolute atomic E-state index is 12.8. The molecule has 0 saturated carbocycles. The summed E-state index contributed by atoms with van der Waals surface area (Å²) in [5.41, 5.74) is 2.31. The lowest BCUT2D eigenvalue weighted by Crippen LogP contribution is -2.45. The highest BCUT2D eigenvalue weighted by molar-refractivity contribution is 5.96. The Hall–Kier alpha value is -2.25. The zero-order chi connectivity index (χ0) is 17.2. The van der Waals surface area contributed by atoms with E-state index in [2.05, 4.69) is 28.1 Å². The maximum Gasteiger partial charge on any atom is 0.241 e. The molecule has 3 heterocycles. The number of hydrogen-bond acceptors (Lipinski definition) is 5. The second kappa shape index (κ2) is 6.93. The zero-order valence-electron chi connectivity index (χ0n) is 14.5. The summed E-state index contributed by atoms with van der Waals surface area (Å²) in [5.74, 6) is 0.994. The van der Waals surface area contributed by atoms with Gasteiger partial charge in [0.05, 0.1) is 13.2 Å². The van der Waals surface area contributed by atoms with Crippen molar-refractivity contribution in [3.63, 3.8) is 0 Å². The van der Waals surface area contributed by atoms with Crippen molar-refractivity contribution >= 4 is 11.6 Å². The standard InChI is InChI=1S/C18H23N5O2/c1-2-22-13-19-20-18(22)16-11-21(9-10-25-16)12-17(24)23-8-7-14-5-3-4-6-15(14)23/h3-6,13,16H,2,7-12H2,1H3/t16-/m0/s1. The van der Waals surface area contributed by atoms with Crippen molar-refractivity contribution < 1.29 is 9.53 Å². The number of hydrogen-bond donors (Lipinski definition) is 0. The van der Waals surface area contributed by atoms with Crippen LogP contribution >= 0.6 is 0 Å². The topological polar surface area (TPSA) is 63.5 Å². The first kappa shape index (κ1) is 16.2. The van der Waals surface area contributed by atoms with Crippen LogP contribution < -0.4 is 4.90 Å². The van der Waals surface area contributed by atoms with Crippen LogP contribution in [0.15, 0.2) is 30.6 Å². The number of aromatic nitrogens is 3. The van der Waals surface area contributed by atoms with Crippen LogP contribution in [-0.2, 0) is 22.5 Å². The Morgan fingerprint density at radius 1 is 1.32 bits per heavy atom. The molecule has 1 saturated heterocycles. The number of fused-ring (bicyclic) bond motifs is 1. The van der Waals surface area contributed by atoms with Crippen molar-refractivity contribution in [3.8, 4) is 0 Å². The summed E-state index contributed by atoms with van der Waals surface area (Å²) in [6, 6.07) is 8.16. The molecule has 0 unspecified atom stereocenters. The number of amides is 1. The van der Waals surface area contributed by atoms with Gasteiger partial charge in [0.2, 0.25) is 5.91 Å². The SMILES string of the molecule is CCn1cnnc1[C@@H]1CN(CC(=O)N2CCc3ccccc32)CCO1. The Balaban J connectivity index is 1.42. The Kier molecular flexibility index (Phi) is 4.50. The number of para-hydroxylation sites is 1. The Morgan fingerprint density at radius 2 is 2.20 bits per heavy atom. The van der Waals surface area contributed by atoms with Crippen molar-refractivity contribution in [2.75, 3.05) is 37.7 Å². The van der Waals surface area contributed by atoms with Gasteiger partial charge in [-0.15, -0.1) is 10.2 Å². The first-order valence-electron chi connectivity index (χ1n) is 8.86. The summed E-state index contributed by atoms with van der Waals surface area (Å²) in [6.07, 6.45) is 2.53. The van der Waals surface area contributed by atoms with Crippen molar-refractivity contribution in [1.82, 2.24) is 19.7 Å². The van der Waals surface area contributed by atoms with E-state index in [0.717, 1.165) is 37.6 Å². The van der Waals surface area contributed by atoms with Crippen LogP contribution in [0.3, 0.4) is 0 Å². The van der Waals surface area contributed by atoms with E-state index in [9.17, 15) is 4.79 Å². The second-order valence-corrected chi connectivity index (χ2v) is 6.49. The molecule has 1 atom stereocenters. The van der Waals surface area contributed by atoms with E-state index in [0.29, 0.717) is 19.7 Å². The summed E-state index contributed by atoms with van der Waals surface area (Å²) in [5, 5.41) is 8.18. The predicted molar refractivity (Wildman–Crippen MR) is 93.3 cm³/mol. The van der Waals surface area contributed by atoms with Gasteiger partial charge in [-0.3, -0.25) is 9.69 Å². The number of morpholine rings is 1. The van der Waals surface area contributed by atoms with E-state index < -0.39 is 0 Å². The molecule has 2 aromatic rings. The molecule has 1 aromatic carbocycles. The largest absolute Gasteiger partial charge is 0.368 e. The number of nitrogens with zero attached hydrogens (tertiary/aromatic N) is 5. The highest BCUT2D eigenvalue weighted by Gasteiger charge is 2.30. The number of carbonyl (C=O) groups excluding carboxylic acids is 1. The molecule has 2 aliphatic rings. The van der Waals surface area contributed by atoms with Gasteiger partial charge in [0.25, 0.3) is 0 Å². The van der Waals surface area contributed by atoms with Crippen LogP contribution in [0.2, 0.25) is 0 Å². The monoisotopic (exact) mass is 341 g/mol. The van der Waals surface area contributed by atoms with Gasteiger partial charge >= 0.3 is 0 Å². The van der Waals surface area contributed by atoms with E-state index in [1.54, 1.807) is 6.33 Å². The fraction of sp³-hybridized carbons (Fsp3) is 0.500. The molecule has 132 valence electrons. The molecule has 7 heteroatoms. The van der Waals surface area contributed by atoms with Crippen molar-refractivity contribution in [2.24, 2.45) is 0 Å². The highest BCUT2D eigenvalue weighted by Crippen LogP contribution is 2.28. The van der Waals surface area contributed by atoms with E-state index in [1.807, 2.05) is 27.7 Å². The third-order valence-electron chi connectivity index (χ3n) is 4.97. The van der Waals surface area contributed by atoms with Gasteiger partial charge in [-0.05, 0) is 25.0 Å². The van der Waals surface area contributed by atoms with Gasteiger partial charge in [-0.1, -0.05) is 18.2 Å². The van der Waals surface area contributed by atoms with Crippen molar-refractivity contribution in [2.45, 2.75) is 26.0 Å². The smallest absolute Gasteiger partial charge is 0.241 e. The molecule has 0 N–H and O–H groups in total. The summed E-state index contributed by atoms with van der Waals surface area (Å²) < 4.78 is 7.86. The van der Waals surface area contributed by atoms with Crippen molar-refractivity contribution in [3.05, 3.63) is 42.0 Å². The van der Waals surface area contributed by atoms with Crippen LogP contribution in [0.5, 0.6) is 0 Å². The van der Waals surface area contributed by atoms with Crippen LogP contribution in [0.25, 0.3) is 0 Å². The molecule has 0 spiro atoms. The lowest BCUT2D eigenvalue weighted by molar-refractivity contribution is -0.122. The Morgan fingerprint density at radius 3 is 3.08 bits per heavy atom. The lowest BCUT2D eigenvalue weighted by Gasteiger charge is -2.33. The van der Waals surface area contributed by atoms with Crippen molar-refractivity contribution in [1.29, 1.82) is 0 Å². The summed E-state index contributed by atoms with van der Waals surface area (Å²) >= 11 is 0. The Labute approximate surface area is 147 Å². The van der Waals surface area contributed by atoms with Crippen LogP contribution in [-0.4, -0.2) is 58.4 Å². The van der Waals surface area contributed by atoms with E-state index in [4.69, 9.17) is 4.74 Å². The third kappa shape index (κ3) is 3.17. The number of ether oxygens (including phenoxy) is 1. The predicted octanol–water partition coefficient (Wildman–Crippen LogP) is 1.26. The molecular weight excluding hydrogens is 318 g/mol. The summed E-state index contributed by atoms with van der Waals surface area (Å²) in [6.45, 7) is 6.08. The number of carbonyl (C=O) groups is 1. The molecule has 2 aliphatic heterocycles. The maximum atomic E-state index is 12.8. The molecule has 4 rings (SSSR count). The fourth-order valence-corrected chi connectivity index (χ4v) is 3.63. The zero-order valence-corrected chi connectivity index (χ0v) is 14.5. The van der Waals surface area contributed by atoms with E-state index in [-0.39, 0.29) is 12.0 Å². The number of benzene rings is 1. The minimum Gasteiger partial charge on any atom is -0.368 e. The van der Waals surface area contributed by atoms with Gasteiger partial charge in [0.1, 0.15) is 12.4 Å². The van der Waals surface area contributed by atoms with Crippen LogP contribution in [0.1, 0.15) is 24.4 Å². The molecule has 0 aliphatic carbocycles. The second-order valence-electron chi connectivity index (χ2n) is 6.49. The quantitative estimate of drug-likeness (QED) is 0.838. The Bertz CT molecular complexity index is 759. The summed E-state index contributed by atoms with van der Waals surface area (Å²) in [4.78, 5) is 16.9. The van der Waals surface area contributed by atoms with Gasteiger partial charge < -0.3 is 14.2 Å². The van der Waals surface area contributed by atoms with Crippen LogP contribution in [0, 0.1) is 0 Å². The van der Waals surface area contributed by atoms with E-state index in [1.165, 1.54) is 5.56 Å². The number of anilines is 1. The minimum absolute atomic E-state index is 0.130. The van der Waals surface area contributed by atoms with E-state index >= 15 is 0 Å². The van der Waals surface area contributed by atoms with Gasteiger partial charge in [-0.2, -0.15) is 0 Å². The molecule has 0 bridgehead atoms. The number of aryl methyl sites for hydroxylation is 1. The average Bonchev–Trinajstić information content (AvgIpc) is 3.28. The fourth-order valence-electron chi connectivity index (χ4n) is 3.63. The summed E-state index contributed by atoms with van der Waals surface area (Å²) in [7, 11) is 0. The molecule has 7 nitrogen and oxygen atoms in total. The average molecular weight is 341 g/mol. The number of rotatable bonds is 4. The minimum atomic E-state index is -0.130. The molecule has 0 radical (unpaired) electrons. The lowest BCUT2D eigenvalue weighted by atomic mass is 10.2. The molecule has 1 aromatic heterocycles. The highest BCUT2D eigenvalue weighted by atomic mass is 16.5. The third-order valence-corrected chi connectivity index (χ3v) is 4.97. The molecule has 25 heavy (non-hydrogen) atoms. The van der Waals surface area contributed by atoms with Gasteiger partial charge in [0, 0.05) is 31.9 Å². The molecular formula is C18H23N5O2. The first-order valence-corrected chi connectivity index (χ1v) is 8.86. The van der Waals surface area contributed by atoms with Crippen LogP contribution in [0.4, 0.5) is 5.69 Å². The molecule has 1 fully saturated rings. The normalized spacial score (nSPS) is 20.7. The van der Waals surface area contributed by atoms with Gasteiger partial charge in [-0.25, -0.2) is 0 Å². The molecule has 1 amide bonds. The van der Waals surface area contributed by atoms with Gasteiger partial charge in [0.15, 0.2) is 5.82 Å². The first-order chi connectivity index (χ1) is 12.3.